The van der Waals surface area contributed by atoms with Crippen LogP contribution in [-0.2, 0) is 6.54 Å². The average molecular weight is 346 g/mol. The number of benzene rings is 2. The molecule has 1 N–H and O–H groups in total. The SMILES string of the molecule is N#Cc1cc(-c2ccc([N+](=O)[O-])cc2)c2c(c1)c(O)c1n2CCCN=C1. The lowest BCUT2D eigenvalue weighted by molar-refractivity contribution is -0.384. The molecule has 0 bridgehead atoms. The smallest absolute Gasteiger partial charge is 0.269 e. The molecule has 26 heavy (non-hydrogen) atoms. The molecule has 7 heteroatoms. The predicted molar refractivity (Wildman–Crippen MR) is 97.5 cm³/mol. The molecule has 0 atom stereocenters. The zero-order valence-corrected chi connectivity index (χ0v) is 13.7. The van der Waals surface area contributed by atoms with Crippen LogP contribution >= 0.6 is 0 Å². The van der Waals surface area contributed by atoms with Gasteiger partial charge in [0.2, 0.25) is 0 Å². The second-order valence-corrected chi connectivity index (χ2v) is 6.11. The summed E-state index contributed by atoms with van der Waals surface area (Å²) in [5.74, 6) is 0.103. The van der Waals surface area contributed by atoms with Crippen molar-refractivity contribution >= 4 is 22.8 Å². The van der Waals surface area contributed by atoms with Crippen molar-refractivity contribution in [3.05, 3.63) is 57.8 Å². The number of nitro groups is 1. The van der Waals surface area contributed by atoms with E-state index >= 15 is 0 Å². The maximum absolute atomic E-state index is 10.9. The average Bonchev–Trinajstić information content (AvgIpc) is 2.82. The van der Waals surface area contributed by atoms with E-state index in [9.17, 15) is 20.5 Å². The highest BCUT2D eigenvalue weighted by Gasteiger charge is 2.21. The van der Waals surface area contributed by atoms with Gasteiger partial charge in [-0.2, -0.15) is 5.26 Å². The van der Waals surface area contributed by atoms with Crippen molar-refractivity contribution in [3.8, 4) is 22.9 Å². The van der Waals surface area contributed by atoms with Crippen LogP contribution in [0.1, 0.15) is 17.7 Å². The van der Waals surface area contributed by atoms with Gasteiger partial charge in [0.1, 0.15) is 11.4 Å². The fraction of sp³-hybridized carbons (Fsp3) is 0.158. The van der Waals surface area contributed by atoms with Crippen LogP contribution < -0.4 is 0 Å². The molecule has 1 aliphatic heterocycles. The Balaban J connectivity index is 2.03. The summed E-state index contributed by atoms with van der Waals surface area (Å²) >= 11 is 0. The Morgan fingerprint density at radius 1 is 1.27 bits per heavy atom. The molecule has 0 radical (unpaired) electrons. The number of rotatable bonds is 2. The number of fused-ring (bicyclic) bond motifs is 3. The van der Waals surface area contributed by atoms with Crippen molar-refractivity contribution < 1.29 is 10.0 Å². The normalized spacial score (nSPS) is 13.2. The van der Waals surface area contributed by atoms with Gasteiger partial charge < -0.3 is 9.67 Å². The summed E-state index contributed by atoms with van der Waals surface area (Å²) in [5.41, 5.74) is 3.35. The summed E-state index contributed by atoms with van der Waals surface area (Å²) < 4.78 is 2.00. The van der Waals surface area contributed by atoms with Crippen LogP contribution in [0, 0.1) is 21.4 Å². The van der Waals surface area contributed by atoms with E-state index in [-0.39, 0.29) is 11.4 Å². The largest absolute Gasteiger partial charge is 0.505 e. The summed E-state index contributed by atoms with van der Waals surface area (Å²) in [6.45, 7) is 1.38. The number of aryl methyl sites for hydroxylation is 1. The third-order valence-corrected chi connectivity index (χ3v) is 4.57. The molecule has 0 fully saturated rings. The fourth-order valence-electron chi connectivity index (χ4n) is 3.37. The summed E-state index contributed by atoms with van der Waals surface area (Å²) in [6.07, 6.45) is 2.50. The van der Waals surface area contributed by atoms with Crippen molar-refractivity contribution in [2.75, 3.05) is 6.54 Å². The molecule has 2 heterocycles. The number of aliphatic imine (C=N–C) groups is 1. The van der Waals surface area contributed by atoms with E-state index in [0.717, 1.165) is 23.1 Å². The van der Waals surface area contributed by atoms with E-state index in [4.69, 9.17) is 0 Å². The first-order valence-corrected chi connectivity index (χ1v) is 8.14. The number of non-ortho nitro benzene ring substituents is 1. The summed E-state index contributed by atoms with van der Waals surface area (Å²) in [7, 11) is 0. The molecule has 7 nitrogen and oxygen atoms in total. The Labute approximate surface area is 148 Å². The van der Waals surface area contributed by atoms with Crippen LogP contribution in [0.25, 0.3) is 22.0 Å². The van der Waals surface area contributed by atoms with E-state index in [1.54, 1.807) is 30.5 Å². The molecule has 1 aromatic heterocycles. The van der Waals surface area contributed by atoms with Gasteiger partial charge in [0.15, 0.2) is 0 Å². The van der Waals surface area contributed by atoms with E-state index in [1.807, 2.05) is 4.57 Å². The van der Waals surface area contributed by atoms with Gasteiger partial charge in [-0.3, -0.25) is 15.1 Å². The van der Waals surface area contributed by atoms with Gasteiger partial charge in [-0.25, -0.2) is 0 Å². The van der Waals surface area contributed by atoms with Crippen molar-refractivity contribution in [2.24, 2.45) is 4.99 Å². The van der Waals surface area contributed by atoms with E-state index < -0.39 is 4.92 Å². The lowest BCUT2D eigenvalue weighted by atomic mass is 9.99. The van der Waals surface area contributed by atoms with Gasteiger partial charge in [-0.15, -0.1) is 0 Å². The maximum atomic E-state index is 10.9. The first-order chi connectivity index (χ1) is 12.6. The van der Waals surface area contributed by atoms with Crippen LogP contribution in [0.15, 0.2) is 41.4 Å². The van der Waals surface area contributed by atoms with Crippen LogP contribution in [0.4, 0.5) is 5.69 Å². The minimum Gasteiger partial charge on any atom is -0.505 e. The highest BCUT2D eigenvalue weighted by atomic mass is 16.6. The fourth-order valence-corrected chi connectivity index (χ4v) is 3.37. The number of nitrogens with zero attached hydrogens (tertiary/aromatic N) is 4. The van der Waals surface area contributed by atoms with Crippen molar-refractivity contribution in [1.29, 1.82) is 5.26 Å². The first-order valence-electron chi connectivity index (χ1n) is 8.14. The quantitative estimate of drug-likeness (QED) is 0.565. The van der Waals surface area contributed by atoms with Gasteiger partial charge in [0.25, 0.3) is 5.69 Å². The molecule has 0 spiro atoms. The van der Waals surface area contributed by atoms with E-state index in [1.165, 1.54) is 12.1 Å². The lowest BCUT2D eigenvalue weighted by Crippen LogP contribution is -2.02. The molecule has 0 saturated heterocycles. The third kappa shape index (κ3) is 2.40. The van der Waals surface area contributed by atoms with Gasteiger partial charge >= 0.3 is 0 Å². The number of hydrogen-bond acceptors (Lipinski definition) is 5. The molecule has 0 aliphatic carbocycles. The molecule has 3 aromatic rings. The molecule has 0 amide bonds. The Kier molecular flexibility index (Phi) is 3.66. The molecule has 0 saturated carbocycles. The van der Waals surface area contributed by atoms with Crippen LogP contribution in [0.5, 0.6) is 5.75 Å². The third-order valence-electron chi connectivity index (χ3n) is 4.57. The molecule has 0 unspecified atom stereocenters. The lowest BCUT2D eigenvalue weighted by Gasteiger charge is -2.10. The van der Waals surface area contributed by atoms with E-state index in [2.05, 4.69) is 11.1 Å². The number of aromatic nitrogens is 1. The van der Waals surface area contributed by atoms with Crippen molar-refractivity contribution in [1.82, 2.24) is 4.57 Å². The summed E-state index contributed by atoms with van der Waals surface area (Å²) in [4.78, 5) is 14.8. The highest BCUT2D eigenvalue weighted by molar-refractivity contribution is 6.04. The number of aromatic hydroxyl groups is 1. The van der Waals surface area contributed by atoms with Crippen molar-refractivity contribution in [2.45, 2.75) is 13.0 Å². The van der Waals surface area contributed by atoms with Crippen LogP contribution in [-0.4, -0.2) is 27.4 Å². The minimum absolute atomic E-state index is 0.00500. The Morgan fingerprint density at radius 3 is 2.73 bits per heavy atom. The molecular weight excluding hydrogens is 332 g/mol. The molecule has 1 aliphatic rings. The van der Waals surface area contributed by atoms with Gasteiger partial charge in [-0.1, -0.05) is 0 Å². The van der Waals surface area contributed by atoms with Crippen molar-refractivity contribution in [3.63, 3.8) is 0 Å². The Morgan fingerprint density at radius 2 is 2.04 bits per heavy atom. The maximum Gasteiger partial charge on any atom is 0.269 e. The van der Waals surface area contributed by atoms with E-state index in [0.29, 0.717) is 29.7 Å². The van der Waals surface area contributed by atoms with Gasteiger partial charge in [0, 0.05) is 42.4 Å². The molecule has 4 rings (SSSR count). The minimum atomic E-state index is -0.448. The van der Waals surface area contributed by atoms with Gasteiger partial charge in [0.05, 0.1) is 22.1 Å². The topological polar surface area (TPSA) is 104 Å². The second-order valence-electron chi connectivity index (χ2n) is 6.11. The zero-order chi connectivity index (χ0) is 18.3. The highest BCUT2D eigenvalue weighted by Crippen LogP contribution is 2.39. The number of nitriles is 1. The van der Waals surface area contributed by atoms with Crippen LogP contribution in [0.2, 0.25) is 0 Å². The monoisotopic (exact) mass is 346 g/mol. The van der Waals surface area contributed by atoms with Gasteiger partial charge in [-0.05, 0) is 36.2 Å². The summed E-state index contributed by atoms with van der Waals surface area (Å²) in [5, 5.41) is 31.5. The predicted octanol–water partition coefficient (Wildman–Crippen LogP) is 3.62. The standard InChI is InChI=1S/C19H14N4O3/c20-10-12-8-15(13-2-4-14(5-3-13)23(25)26)18-16(9-12)19(24)17-11-21-6-1-7-22(17)18/h2-5,8-9,11,24H,1,6-7H2. The summed E-state index contributed by atoms with van der Waals surface area (Å²) in [6, 6.07) is 11.7. The van der Waals surface area contributed by atoms with Crippen LogP contribution in [0.3, 0.4) is 0 Å². The Hall–Kier alpha value is -3.66. The second kappa shape index (κ2) is 6.01. The number of hydrogen-bond donors (Lipinski definition) is 1. The molecular formula is C19H14N4O3. The zero-order valence-electron chi connectivity index (χ0n) is 13.7. The number of nitro benzene ring substituents is 1. The Bertz CT molecular complexity index is 1100. The first kappa shape index (κ1) is 15.8. The molecule has 2 aromatic carbocycles. The molecule has 128 valence electrons.